The molecule has 1 fully saturated rings. The maximum Gasteiger partial charge on any atom is 0.146 e. The van der Waals surface area contributed by atoms with Crippen LogP contribution < -0.4 is 10.4 Å². The van der Waals surface area contributed by atoms with Crippen LogP contribution in [0, 0.1) is 5.21 Å². The third-order valence-electron chi connectivity index (χ3n) is 2.85. The van der Waals surface area contributed by atoms with Crippen molar-refractivity contribution >= 4 is 0 Å². The van der Waals surface area contributed by atoms with Crippen molar-refractivity contribution in [1.82, 2.24) is 5.32 Å². The molecule has 1 saturated heterocycles. The molecular formula is C9H20N2O. The lowest BCUT2D eigenvalue weighted by Gasteiger charge is -2.35. The van der Waals surface area contributed by atoms with Crippen molar-refractivity contribution in [3.05, 3.63) is 5.21 Å². The van der Waals surface area contributed by atoms with Crippen LogP contribution in [0.15, 0.2) is 0 Å². The number of hydroxylamine groups is 2. The molecule has 0 amide bonds. The van der Waals surface area contributed by atoms with Crippen LogP contribution in [0.25, 0.3) is 0 Å². The van der Waals surface area contributed by atoms with E-state index in [0.717, 1.165) is 6.42 Å². The van der Waals surface area contributed by atoms with Gasteiger partial charge in [-0.2, -0.15) is 0 Å². The smallest absolute Gasteiger partial charge is 0.146 e. The molecule has 1 rings (SSSR count). The third kappa shape index (κ3) is 1.37. The van der Waals surface area contributed by atoms with Crippen molar-refractivity contribution < 1.29 is 5.06 Å². The summed E-state index contributed by atoms with van der Waals surface area (Å²) in [5, 5.41) is 15.5. The van der Waals surface area contributed by atoms with Crippen molar-refractivity contribution in [2.45, 2.75) is 58.3 Å². The molecule has 0 radical (unpaired) electrons. The lowest BCUT2D eigenvalue weighted by Crippen LogP contribution is -3.17. The zero-order valence-corrected chi connectivity index (χ0v) is 8.69. The molecule has 0 saturated carbocycles. The van der Waals surface area contributed by atoms with E-state index in [1.165, 1.54) is 0 Å². The Bertz CT molecular complexity index is 177. The summed E-state index contributed by atoms with van der Waals surface area (Å²) in [5.74, 6) is 0. The second-order valence-corrected chi connectivity index (χ2v) is 4.80. The first kappa shape index (κ1) is 9.96. The normalized spacial score (nSPS) is 38.5. The predicted octanol–water partition coefficient (Wildman–Crippen LogP) is 0.266. The number of rotatable bonds is 1. The van der Waals surface area contributed by atoms with Crippen LogP contribution in [-0.4, -0.2) is 17.2 Å². The van der Waals surface area contributed by atoms with E-state index in [1.807, 2.05) is 13.8 Å². The average Bonchev–Trinajstić information content (AvgIpc) is 1.98. The molecule has 0 aromatic heterocycles. The van der Waals surface area contributed by atoms with Crippen molar-refractivity contribution in [3.63, 3.8) is 0 Å². The number of nitrogens with one attached hydrogen (secondary N) is 2. The number of hydrogen-bond donors (Lipinski definition) is 2. The summed E-state index contributed by atoms with van der Waals surface area (Å²) in [4.78, 5) is 0. The van der Waals surface area contributed by atoms with Gasteiger partial charge >= 0.3 is 0 Å². The summed E-state index contributed by atoms with van der Waals surface area (Å²) >= 11 is 0. The summed E-state index contributed by atoms with van der Waals surface area (Å²) in [6.07, 6.45) is 0.933. The van der Waals surface area contributed by atoms with E-state index in [1.54, 1.807) is 0 Å². The van der Waals surface area contributed by atoms with E-state index in [0.29, 0.717) is 5.06 Å². The van der Waals surface area contributed by atoms with Gasteiger partial charge < -0.3 is 10.3 Å². The van der Waals surface area contributed by atoms with E-state index in [9.17, 15) is 5.21 Å². The highest BCUT2D eigenvalue weighted by Crippen LogP contribution is 2.19. The second-order valence-electron chi connectivity index (χ2n) is 4.80. The first-order valence-electron chi connectivity index (χ1n) is 4.65. The number of hydrogen-bond acceptors (Lipinski definition) is 2. The summed E-state index contributed by atoms with van der Waals surface area (Å²) in [5.41, 5.74) is -0.362. The Labute approximate surface area is 74.7 Å². The van der Waals surface area contributed by atoms with Crippen LogP contribution in [0.4, 0.5) is 0 Å². The highest BCUT2D eigenvalue weighted by Gasteiger charge is 2.49. The second kappa shape index (κ2) is 2.69. The van der Waals surface area contributed by atoms with Crippen LogP contribution in [0.1, 0.15) is 41.0 Å². The molecule has 1 heterocycles. The van der Waals surface area contributed by atoms with Crippen LogP contribution in [0.3, 0.4) is 0 Å². The SMILES string of the molecule is CCC1[NH+]([O-])C(C)(C)NC1(C)C. The largest absolute Gasteiger partial charge is 0.633 e. The zero-order chi connectivity index (χ0) is 9.57. The molecule has 0 aliphatic carbocycles. The fourth-order valence-corrected chi connectivity index (χ4v) is 2.41. The van der Waals surface area contributed by atoms with Crippen molar-refractivity contribution in [2.75, 3.05) is 0 Å². The summed E-state index contributed by atoms with van der Waals surface area (Å²) in [6, 6.07) is 0.174. The topological polar surface area (TPSA) is 39.5 Å². The van der Waals surface area contributed by atoms with Crippen LogP contribution in [-0.2, 0) is 0 Å². The first-order valence-corrected chi connectivity index (χ1v) is 4.65. The van der Waals surface area contributed by atoms with Crippen molar-refractivity contribution in [1.29, 1.82) is 0 Å². The van der Waals surface area contributed by atoms with Gasteiger partial charge in [-0.3, -0.25) is 5.32 Å². The van der Waals surface area contributed by atoms with Crippen LogP contribution >= 0.6 is 0 Å². The van der Waals surface area contributed by atoms with Gasteiger partial charge in [-0.05, 0) is 20.3 Å². The Morgan fingerprint density at radius 1 is 1.33 bits per heavy atom. The fraction of sp³-hybridized carbons (Fsp3) is 1.00. The third-order valence-corrected chi connectivity index (χ3v) is 2.85. The highest BCUT2D eigenvalue weighted by atomic mass is 16.5. The van der Waals surface area contributed by atoms with Gasteiger partial charge in [-0.15, -0.1) is 0 Å². The lowest BCUT2D eigenvalue weighted by molar-refractivity contribution is -0.913. The number of quaternary nitrogens is 1. The Morgan fingerprint density at radius 3 is 2.00 bits per heavy atom. The van der Waals surface area contributed by atoms with Gasteiger partial charge in [0.25, 0.3) is 0 Å². The average molecular weight is 172 g/mol. The monoisotopic (exact) mass is 172 g/mol. The predicted molar refractivity (Wildman–Crippen MR) is 49.7 cm³/mol. The van der Waals surface area contributed by atoms with Crippen molar-refractivity contribution in [2.24, 2.45) is 0 Å². The van der Waals surface area contributed by atoms with Crippen LogP contribution in [0.2, 0.25) is 0 Å². The minimum atomic E-state index is -0.329. The molecule has 0 aromatic rings. The molecule has 2 unspecified atom stereocenters. The Morgan fingerprint density at radius 2 is 1.83 bits per heavy atom. The van der Waals surface area contributed by atoms with Gasteiger partial charge in [0.05, 0.1) is 5.54 Å². The van der Waals surface area contributed by atoms with E-state index >= 15 is 0 Å². The van der Waals surface area contributed by atoms with E-state index < -0.39 is 0 Å². The molecule has 2 atom stereocenters. The Balaban J connectivity index is 2.88. The summed E-state index contributed by atoms with van der Waals surface area (Å²) in [7, 11) is 0. The van der Waals surface area contributed by atoms with E-state index in [-0.39, 0.29) is 17.2 Å². The van der Waals surface area contributed by atoms with Gasteiger partial charge in [0.1, 0.15) is 11.7 Å². The van der Waals surface area contributed by atoms with Gasteiger partial charge in [0.15, 0.2) is 0 Å². The van der Waals surface area contributed by atoms with E-state index in [4.69, 9.17) is 0 Å². The Hall–Kier alpha value is -0.120. The maximum atomic E-state index is 11.8. The molecular weight excluding hydrogens is 152 g/mol. The molecule has 72 valence electrons. The van der Waals surface area contributed by atoms with Gasteiger partial charge in [-0.1, -0.05) is 6.92 Å². The first-order chi connectivity index (χ1) is 5.31. The lowest BCUT2D eigenvalue weighted by atomic mass is 9.95. The maximum absolute atomic E-state index is 11.8. The van der Waals surface area contributed by atoms with Gasteiger partial charge in [0, 0.05) is 13.8 Å². The summed E-state index contributed by atoms with van der Waals surface area (Å²) < 4.78 is 0. The quantitative estimate of drug-likeness (QED) is 0.557. The molecule has 0 spiro atoms. The standard InChI is InChI=1S/C9H20N2O/c1-6-7-8(2,3)10-9(4,5)11(7)12/h7,10-11H,6H2,1-5H3. The fourth-order valence-electron chi connectivity index (χ4n) is 2.41. The highest BCUT2D eigenvalue weighted by molar-refractivity contribution is 4.95. The molecule has 0 aromatic carbocycles. The molecule has 3 nitrogen and oxygen atoms in total. The van der Waals surface area contributed by atoms with Crippen LogP contribution in [0.5, 0.6) is 0 Å². The zero-order valence-electron chi connectivity index (χ0n) is 8.69. The molecule has 1 aliphatic heterocycles. The van der Waals surface area contributed by atoms with E-state index in [2.05, 4.69) is 26.1 Å². The molecule has 3 heteroatoms. The molecule has 12 heavy (non-hydrogen) atoms. The minimum absolute atomic E-state index is 0.0324. The van der Waals surface area contributed by atoms with Gasteiger partial charge in [0.2, 0.25) is 0 Å². The molecule has 2 N–H and O–H groups in total. The molecule has 0 bridgehead atoms. The minimum Gasteiger partial charge on any atom is -0.633 e. The molecule has 1 aliphatic rings. The summed E-state index contributed by atoms with van der Waals surface area (Å²) in [6.45, 7) is 10.2. The Kier molecular flexibility index (Phi) is 2.23. The van der Waals surface area contributed by atoms with Crippen molar-refractivity contribution in [3.8, 4) is 0 Å². The van der Waals surface area contributed by atoms with Gasteiger partial charge in [-0.25, -0.2) is 0 Å².